The van der Waals surface area contributed by atoms with Gasteiger partial charge in [-0.2, -0.15) is 0 Å². The van der Waals surface area contributed by atoms with Gasteiger partial charge in [-0.3, -0.25) is 4.99 Å². The highest BCUT2D eigenvalue weighted by molar-refractivity contribution is 14.0. The van der Waals surface area contributed by atoms with Crippen molar-refractivity contribution in [3.8, 4) is 0 Å². The quantitative estimate of drug-likeness (QED) is 0.375. The van der Waals surface area contributed by atoms with E-state index in [1.54, 1.807) is 0 Å². The predicted octanol–water partition coefficient (Wildman–Crippen LogP) is 4.33. The van der Waals surface area contributed by atoms with Crippen LogP contribution in [0.5, 0.6) is 0 Å². The highest BCUT2D eigenvalue weighted by atomic mass is 127. The largest absolute Gasteiger partial charge is 0.461 e. The summed E-state index contributed by atoms with van der Waals surface area (Å²) in [7, 11) is 0. The van der Waals surface area contributed by atoms with Gasteiger partial charge in [-0.15, -0.1) is 24.0 Å². The van der Waals surface area contributed by atoms with E-state index in [1.807, 2.05) is 48.5 Å². The molecule has 5 heteroatoms. The zero-order valence-electron chi connectivity index (χ0n) is 13.0. The number of halogens is 1. The number of rotatable bonds is 4. The van der Waals surface area contributed by atoms with E-state index in [1.165, 1.54) is 5.56 Å². The van der Waals surface area contributed by atoms with Gasteiger partial charge in [0.05, 0.1) is 0 Å². The Labute approximate surface area is 152 Å². The molecule has 0 fully saturated rings. The first kappa shape index (κ1) is 17.3. The SMILES string of the molecule is Cc1ccc(NC(N)=NCCc2cc3ccccc3o2)cc1.I. The summed E-state index contributed by atoms with van der Waals surface area (Å²) in [5, 5.41) is 4.20. The topological polar surface area (TPSA) is 63.5 Å². The number of aryl methyl sites for hydroxylation is 1. The number of nitrogens with zero attached hydrogens (tertiary/aromatic N) is 1. The van der Waals surface area contributed by atoms with Crippen LogP contribution in [-0.4, -0.2) is 12.5 Å². The molecule has 0 saturated carbocycles. The third-order valence-electron chi connectivity index (χ3n) is 3.44. The van der Waals surface area contributed by atoms with E-state index < -0.39 is 0 Å². The maximum Gasteiger partial charge on any atom is 0.193 e. The van der Waals surface area contributed by atoms with Crippen molar-refractivity contribution in [3.63, 3.8) is 0 Å². The van der Waals surface area contributed by atoms with E-state index in [2.05, 4.69) is 23.3 Å². The van der Waals surface area contributed by atoms with Crippen LogP contribution in [0.2, 0.25) is 0 Å². The molecule has 0 aliphatic carbocycles. The molecule has 0 bridgehead atoms. The van der Waals surface area contributed by atoms with Gasteiger partial charge in [-0.1, -0.05) is 35.9 Å². The number of anilines is 1. The molecular weight excluding hydrogens is 401 g/mol. The number of guanidine groups is 1. The van der Waals surface area contributed by atoms with Crippen molar-refractivity contribution in [2.45, 2.75) is 13.3 Å². The maximum absolute atomic E-state index is 5.89. The Balaban J connectivity index is 0.00000192. The lowest BCUT2D eigenvalue weighted by Crippen LogP contribution is -2.23. The molecule has 0 aliphatic rings. The molecule has 0 spiro atoms. The number of nitrogens with one attached hydrogen (secondary N) is 1. The number of fused-ring (bicyclic) bond motifs is 1. The Bertz CT molecular complexity index is 760. The lowest BCUT2D eigenvalue weighted by molar-refractivity contribution is 0.550. The second kappa shape index (κ2) is 8.01. The first-order chi connectivity index (χ1) is 10.7. The van der Waals surface area contributed by atoms with Crippen LogP contribution >= 0.6 is 24.0 Å². The zero-order valence-corrected chi connectivity index (χ0v) is 15.3. The minimum Gasteiger partial charge on any atom is -0.461 e. The standard InChI is InChI=1S/C18H19N3O.HI/c1-13-6-8-15(9-7-13)21-18(19)20-11-10-16-12-14-4-2-3-5-17(14)22-16;/h2-9,12H,10-11H2,1H3,(H3,19,20,21);1H. The van der Waals surface area contributed by atoms with Gasteiger partial charge < -0.3 is 15.5 Å². The molecule has 3 N–H and O–H groups in total. The molecule has 0 amide bonds. The Kier molecular flexibility index (Phi) is 6.04. The van der Waals surface area contributed by atoms with Gasteiger partial charge >= 0.3 is 0 Å². The average molecular weight is 421 g/mol. The second-order valence-electron chi connectivity index (χ2n) is 5.26. The van der Waals surface area contributed by atoms with Crippen LogP contribution in [0.25, 0.3) is 11.0 Å². The molecule has 0 saturated heterocycles. The maximum atomic E-state index is 5.89. The number of hydrogen-bond donors (Lipinski definition) is 2. The van der Waals surface area contributed by atoms with Crippen molar-refractivity contribution in [2.75, 3.05) is 11.9 Å². The van der Waals surface area contributed by atoms with E-state index in [0.717, 1.165) is 28.8 Å². The number of hydrogen-bond acceptors (Lipinski definition) is 2. The lowest BCUT2D eigenvalue weighted by atomic mass is 10.2. The van der Waals surface area contributed by atoms with Crippen LogP contribution in [0.4, 0.5) is 5.69 Å². The molecule has 1 aromatic heterocycles. The molecule has 0 unspecified atom stereocenters. The summed E-state index contributed by atoms with van der Waals surface area (Å²) in [6.07, 6.45) is 0.727. The zero-order chi connectivity index (χ0) is 15.4. The van der Waals surface area contributed by atoms with Crippen molar-refractivity contribution in [1.29, 1.82) is 0 Å². The van der Waals surface area contributed by atoms with Crippen molar-refractivity contribution < 1.29 is 4.42 Å². The summed E-state index contributed by atoms with van der Waals surface area (Å²) >= 11 is 0. The first-order valence-corrected chi connectivity index (χ1v) is 7.32. The van der Waals surface area contributed by atoms with Gasteiger partial charge in [0, 0.05) is 24.0 Å². The van der Waals surface area contributed by atoms with Crippen molar-refractivity contribution >= 4 is 46.6 Å². The van der Waals surface area contributed by atoms with Gasteiger partial charge in [0.1, 0.15) is 11.3 Å². The summed E-state index contributed by atoms with van der Waals surface area (Å²) in [4.78, 5) is 4.33. The Hall–Kier alpha value is -2.02. The van der Waals surface area contributed by atoms with Crippen molar-refractivity contribution in [2.24, 2.45) is 10.7 Å². The molecule has 120 valence electrons. The van der Waals surface area contributed by atoms with E-state index in [-0.39, 0.29) is 24.0 Å². The summed E-state index contributed by atoms with van der Waals surface area (Å²) < 4.78 is 5.75. The molecule has 0 atom stereocenters. The van der Waals surface area contributed by atoms with E-state index in [0.29, 0.717) is 12.5 Å². The molecule has 1 heterocycles. The second-order valence-corrected chi connectivity index (χ2v) is 5.26. The summed E-state index contributed by atoms with van der Waals surface area (Å²) in [6.45, 7) is 2.64. The average Bonchev–Trinajstić information content (AvgIpc) is 2.92. The third kappa shape index (κ3) is 4.72. The van der Waals surface area contributed by atoms with E-state index in [4.69, 9.17) is 10.2 Å². The van der Waals surface area contributed by atoms with Gasteiger partial charge in [-0.05, 0) is 31.2 Å². The van der Waals surface area contributed by atoms with E-state index >= 15 is 0 Å². The number of nitrogens with two attached hydrogens (primary N) is 1. The van der Waals surface area contributed by atoms with Crippen LogP contribution in [0.3, 0.4) is 0 Å². The molecule has 4 nitrogen and oxygen atoms in total. The smallest absolute Gasteiger partial charge is 0.193 e. The van der Waals surface area contributed by atoms with Crippen LogP contribution in [-0.2, 0) is 6.42 Å². The molecule has 0 radical (unpaired) electrons. The van der Waals surface area contributed by atoms with Crippen LogP contribution < -0.4 is 11.1 Å². The molecule has 0 aliphatic heterocycles. The van der Waals surface area contributed by atoms with Crippen LogP contribution in [0.1, 0.15) is 11.3 Å². The molecule has 3 rings (SSSR count). The molecular formula is C18H20IN3O. The Morgan fingerprint density at radius 2 is 1.87 bits per heavy atom. The Morgan fingerprint density at radius 3 is 2.61 bits per heavy atom. The van der Waals surface area contributed by atoms with Crippen LogP contribution in [0.15, 0.2) is 64.0 Å². The molecule has 23 heavy (non-hydrogen) atoms. The van der Waals surface area contributed by atoms with Crippen LogP contribution in [0, 0.1) is 6.92 Å². The lowest BCUT2D eigenvalue weighted by Gasteiger charge is -2.05. The Morgan fingerprint density at radius 1 is 1.13 bits per heavy atom. The van der Waals surface area contributed by atoms with E-state index in [9.17, 15) is 0 Å². The van der Waals surface area contributed by atoms with Gasteiger partial charge in [0.25, 0.3) is 0 Å². The minimum absolute atomic E-state index is 0. The fourth-order valence-corrected chi connectivity index (χ4v) is 2.27. The number of benzene rings is 2. The highest BCUT2D eigenvalue weighted by Crippen LogP contribution is 2.19. The normalized spacial score (nSPS) is 11.3. The summed E-state index contributed by atoms with van der Waals surface area (Å²) in [5.41, 5.74) is 8.95. The predicted molar refractivity (Wildman–Crippen MR) is 107 cm³/mol. The van der Waals surface area contributed by atoms with Gasteiger partial charge in [0.15, 0.2) is 5.96 Å². The number of furan rings is 1. The van der Waals surface area contributed by atoms with Crippen molar-refractivity contribution in [3.05, 3.63) is 65.9 Å². The third-order valence-corrected chi connectivity index (χ3v) is 3.44. The molecule has 2 aromatic carbocycles. The minimum atomic E-state index is 0. The monoisotopic (exact) mass is 421 g/mol. The number of aliphatic imine (C=N–C) groups is 1. The fraction of sp³-hybridized carbons (Fsp3) is 0.167. The van der Waals surface area contributed by atoms with Gasteiger partial charge in [0.2, 0.25) is 0 Å². The van der Waals surface area contributed by atoms with Crippen molar-refractivity contribution in [1.82, 2.24) is 0 Å². The first-order valence-electron chi connectivity index (χ1n) is 7.32. The fourth-order valence-electron chi connectivity index (χ4n) is 2.27. The summed E-state index contributed by atoms with van der Waals surface area (Å²) in [6, 6.07) is 18.1. The highest BCUT2D eigenvalue weighted by Gasteiger charge is 2.02. The van der Waals surface area contributed by atoms with Gasteiger partial charge in [-0.25, -0.2) is 0 Å². The number of para-hydroxylation sites is 1. The molecule has 3 aromatic rings. The summed E-state index contributed by atoms with van der Waals surface area (Å²) in [5.74, 6) is 1.34.